The van der Waals surface area contributed by atoms with Crippen LogP contribution in [0.1, 0.15) is 40.3 Å². The highest BCUT2D eigenvalue weighted by Gasteiger charge is 2.26. The predicted molar refractivity (Wildman–Crippen MR) is 134 cm³/mol. The number of benzene rings is 2. The first-order valence-corrected chi connectivity index (χ1v) is 12.0. The lowest BCUT2D eigenvalue weighted by molar-refractivity contribution is -0.0586. The molecule has 1 aromatic heterocycles. The number of aromatic nitrogens is 2. The van der Waals surface area contributed by atoms with E-state index in [1.165, 1.54) is 16.8 Å². The minimum Gasteiger partial charge on any atom is -0.492 e. The number of morpholine rings is 1. The van der Waals surface area contributed by atoms with Gasteiger partial charge in [0.2, 0.25) is 0 Å². The van der Waals surface area contributed by atoms with Crippen LogP contribution in [0.15, 0.2) is 71.5 Å². The van der Waals surface area contributed by atoms with E-state index in [2.05, 4.69) is 10.4 Å². The Balaban J connectivity index is 1.31. The van der Waals surface area contributed by atoms with Gasteiger partial charge in [0.05, 0.1) is 18.8 Å². The Morgan fingerprint density at radius 3 is 2.39 bits per heavy atom. The van der Waals surface area contributed by atoms with Gasteiger partial charge in [-0.3, -0.25) is 14.4 Å². The molecule has 188 valence electrons. The zero-order chi connectivity index (χ0) is 25.5. The van der Waals surface area contributed by atoms with Crippen molar-refractivity contribution in [2.75, 3.05) is 19.7 Å². The Kier molecular flexibility index (Phi) is 8.12. The fourth-order valence-corrected chi connectivity index (χ4v) is 4.06. The van der Waals surface area contributed by atoms with Gasteiger partial charge in [-0.2, -0.15) is 5.10 Å². The molecule has 9 heteroatoms. The first-order chi connectivity index (χ1) is 17.4. The summed E-state index contributed by atoms with van der Waals surface area (Å²) < 4.78 is 12.5. The molecule has 1 fully saturated rings. The Morgan fingerprint density at radius 2 is 1.69 bits per heavy atom. The molecule has 9 nitrogen and oxygen atoms in total. The van der Waals surface area contributed by atoms with Crippen LogP contribution in [-0.4, -0.2) is 58.4 Å². The van der Waals surface area contributed by atoms with Crippen LogP contribution in [0.25, 0.3) is 0 Å². The van der Waals surface area contributed by atoms with Gasteiger partial charge in [-0.05, 0) is 49.7 Å². The molecule has 2 amide bonds. The number of nitrogens with zero attached hydrogens (tertiary/aromatic N) is 3. The minimum absolute atomic E-state index is 0.00606. The molecule has 0 saturated carbocycles. The number of hydrogen-bond acceptors (Lipinski definition) is 6. The second kappa shape index (κ2) is 11.6. The smallest absolute Gasteiger partial charge is 0.271 e. The summed E-state index contributed by atoms with van der Waals surface area (Å²) in [5.74, 6) is 0.265. The van der Waals surface area contributed by atoms with Crippen LogP contribution in [0, 0.1) is 0 Å². The molecular weight excluding hydrogens is 460 g/mol. The number of para-hydroxylation sites is 1. The summed E-state index contributed by atoms with van der Waals surface area (Å²) in [6.45, 7) is 5.77. The Bertz CT molecular complexity index is 1230. The molecule has 2 atom stereocenters. The zero-order valence-electron chi connectivity index (χ0n) is 20.4. The van der Waals surface area contributed by atoms with E-state index >= 15 is 0 Å². The van der Waals surface area contributed by atoms with Crippen molar-refractivity contribution >= 4 is 11.8 Å². The molecule has 0 aliphatic carbocycles. The molecule has 1 saturated heterocycles. The normalized spacial score (nSPS) is 17.4. The lowest BCUT2D eigenvalue weighted by Crippen LogP contribution is -2.48. The zero-order valence-corrected chi connectivity index (χ0v) is 20.4. The van der Waals surface area contributed by atoms with E-state index in [4.69, 9.17) is 9.47 Å². The molecule has 0 spiro atoms. The third-order valence-corrected chi connectivity index (χ3v) is 5.78. The Labute approximate surface area is 209 Å². The monoisotopic (exact) mass is 490 g/mol. The highest BCUT2D eigenvalue weighted by atomic mass is 16.5. The van der Waals surface area contributed by atoms with E-state index in [-0.39, 0.29) is 49.1 Å². The number of hydrogen-bond donors (Lipinski definition) is 1. The molecule has 1 aliphatic rings. The number of nitrogens with one attached hydrogen (secondary N) is 1. The van der Waals surface area contributed by atoms with Crippen LogP contribution in [-0.2, 0) is 17.8 Å². The number of carbonyl (C=O) groups is 2. The standard InChI is InChI=1S/C27H30N4O5/c1-19-17-30(18-20(2)36-19)27(34)22-10-8-21(9-11-22)16-28-26(33)24-12-13-25(32)31(29-24)14-15-35-23-6-4-3-5-7-23/h3-13,19-20H,14-18H2,1-2H3,(H,28,33). The van der Waals surface area contributed by atoms with E-state index in [1.807, 2.05) is 56.3 Å². The fraction of sp³-hybridized carbons (Fsp3) is 0.333. The van der Waals surface area contributed by atoms with Crippen LogP contribution in [0.3, 0.4) is 0 Å². The van der Waals surface area contributed by atoms with E-state index in [0.717, 1.165) is 5.56 Å². The van der Waals surface area contributed by atoms with E-state index in [0.29, 0.717) is 24.4 Å². The van der Waals surface area contributed by atoms with Crippen molar-refractivity contribution < 1.29 is 19.1 Å². The van der Waals surface area contributed by atoms with Crippen molar-refractivity contribution in [2.45, 2.75) is 39.1 Å². The van der Waals surface area contributed by atoms with Gasteiger partial charge in [-0.25, -0.2) is 4.68 Å². The van der Waals surface area contributed by atoms with E-state index < -0.39 is 5.91 Å². The fourth-order valence-electron chi connectivity index (χ4n) is 4.06. The second-order valence-electron chi connectivity index (χ2n) is 8.79. The van der Waals surface area contributed by atoms with Gasteiger partial charge < -0.3 is 19.7 Å². The minimum atomic E-state index is -0.399. The predicted octanol–water partition coefficient (Wildman–Crippen LogP) is 2.50. The summed E-state index contributed by atoms with van der Waals surface area (Å²) in [7, 11) is 0. The van der Waals surface area contributed by atoms with E-state index in [9.17, 15) is 14.4 Å². The Hall–Kier alpha value is -3.98. The maximum Gasteiger partial charge on any atom is 0.271 e. The summed E-state index contributed by atoms with van der Waals surface area (Å²) in [4.78, 5) is 39.4. The average Bonchev–Trinajstić information content (AvgIpc) is 2.88. The van der Waals surface area contributed by atoms with Crippen molar-refractivity contribution in [3.8, 4) is 5.75 Å². The third-order valence-electron chi connectivity index (χ3n) is 5.78. The summed E-state index contributed by atoms with van der Waals surface area (Å²) in [6, 6.07) is 19.1. The molecule has 3 aromatic rings. The first kappa shape index (κ1) is 25.1. The molecule has 0 radical (unpaired) electrons. The molecule has 1 aliphatic heterocycles. The van der Waals surface area contributed by atoms with Crippen molar-refractivity contribution in [1.29, 1.82) is 0 Å². The molecule has 2 heterocycles. The van der Waals surface area contributed by atoms with Gasteiger partial charge in [-0.15, -0.1) is 0 Å². The van der Waals surface area contributed by atoms with Crippen LogP contribution < -0.4 is 15.6 Å². The maximum absolute atomic E-state index is 12.8. The highest BCUT2D eigenvalue weighted by molar-refractivity contribution is 5.94. The molecular formula is C27H30N4O5. The average molecular weight is 491 g/mol. The lowest BCUT2D eigenvalue weighted by Gasteiger charge is -2.35. The van der Waals surface area contributed by atoms with Gasteiger partial charge in [0.25, 0.3) is 17.4 Å². The van der Waals surface area contributed by atoms with Crippen molar-refractivity contribution in [2.24, 2.45) is 0 Å². The highest BCUT2D eigenvalue weighted by Crippen LogP contribution is 2.15. The number of rotatable bonds is 8. The summed E-state index contributed by atoms with van der Waals surface area (Å²) in [5.41, 5.74) is 1.26. The molecule has 2 aromatic carbocycles. The van der Waals surface area contributed by atoms with Crippen LogP contribution in [0.4, 0.5) is 0 Å². The van der Waals surface area contributed by atoms with Gasteiger partial charge in [0, 0.05) is 31.3 Å². The van der Waals surface area contributed by atoms with Crippen LogP contribution >= 0.6 is 0 Å². The molecule has 0 bridgehead atoms. The summed E-state index contributed by atoms with van der Waals surface area (Å²) in [6.07, 6.45) is 0.0121. The second-order valence-corrected chi connectivity index (χ2v) is 8.79. The SMILES string of the molecule is CC1CN(C(=O)c2ccc(CNC(=O)c3ccc(=O)n(CCOc4ccccc4)n3)cc2)CC(C)O1. The van der Waals surface area contributed by atoms with Crippen molar-refractivity contribution in [1.82, 2.24) is 20.0 Å². The third kappa shape index (κ3) is 6.57. The lowest BCUT2D eigenvalue weighted by atomic mass is 10.1. The quantitative estimate of drug-likeness (QED) is 0.521. The maximum atomic E-state index is 12.8. The number of amides is 2. The van der Waals surface area contributed by atoms with Gasteiger partial charge in [0.1, 0.15) is 18.1 Å². The summed E-state index contributed by atoms with van der Waals surface area (Å²) in [5, 5.41) is 6.98. The molecule has 1 N–H and O–H groups in total. The number of carbonyl (C=O) groups excluding carboxylic acids is 2. The van der Waals surface area contributed by atoms with Crippen molar-refractivity contribution in [3.63, 3.8) is 0 Å². The van der Waals surface area contributed by atoms with Gasteiger partial charge in [0.15, 0.2) is 0 Å². The van der Waals surface area contributed by atoms with Gasteiger partial charge >= 0.3 is 0 Å². The van der Waals surface area contributed by atoms with Crippen molar-refractivity contribution in [3.05, 3.63) is 93.9 Å². The number of ether oxygens (including phenoxy) is 2. The van der Waals surface area contributed by atoms with Gasteiger partial charge in [-0.1, -0.05) is 30.3 Å². The molecule has 4 rings (SSSR count). The van der Waals surface area contributed by atoms with Crippen LogP contribution in [0.5, 0.6) is 5.75 Å². The van der Waals surface area contributed by atoms with E-state index in [1.54, 1.807) is 17.0 Å². The molecule has 36 heavy (non-hydrogen) atoms. The Morgan fingerprint density at radius 1 is 1.00 bits per heavy atom. The van der Waals surface area contributed by atoms with Crippen LogP contribution in [0.2, 0.25) is 0 Å². The molecule has 2 unspecified atom stereocenters. The first-order valence-electron chi connectivity index (χ1n) is 12.0. The largest absolute Gasteiger partial charge is 0.492 e. The summed E-state index contributed by atoms with van der Waals surface area (Å²) >= 11 is 0. The topological polar surface area (TPSA) is 103 Å².